The van der Waals surface area contributed by atoms with Gasteiger partial charge in [0, 0.05) is 59.8 Å². The van der Waals surface area contributed by atoms with Crippen LogP contribution in [0.2, 0.25) is 0 Å². The van der Waals surface area contributed by atoms with Crippen LogP contribution in [0, 0.1) is 0 Å². The molecule has 5 nitrogen and oxygen atoms in total. The lowest BCUT2D eigenvalue weighted by Gasteiger charge is -2.34. The molecule has 0 radical (unpaired) electrons. The van der Waals surface area contributed by atoms with Crippen LogP contribution in [0.3, 0.4) is 0 Å². The van der Waals surface area contributed by atoms with E-state index in [1.165, 1.54) is 0 Å². The molecule has 1 fully saturated rings. The average molecular weight is 229 g/mol. The fourth-order valence-electron chi connectivity index (χ4n) is 1.84. The molecular formula is C11H23N3O2. The first-order valence-corrected chi connectivity index (χ1v) is 5.90. The zero-order chi connectivity index (χ0) is 11.8. The van der Waals surface area contributed by atoms with Crippen molar-refractivity contribution in [1.29, 1.82) is 0 Å². The fourth-order valence-corrected chi connectivity index (χ4v) is 1.84. The van der Waals surface area contributed by atoms with Crippen molar-refractivity contribution in [2.24, 2.45) is 0 Å². The van der Waals surface area contributed by atoms with Gasteiger partial charge in [-0.05, 0) is 0 Å². The van der Waals surface area contributed by atoms with E-state index < -0.39 is 0 Å². The Labute approximate surface area is 97.7 Å². The van der Waals surface area contributed by atoms with Crippen molar-refractivity contribution < 1.29 is 9.53 Å². The predicted octanol–water partition coefficient (Wildman–Crippen LogP) is -0.613. The van der Waals surface area contributed by atoms with Crippen molar-refractivity contribution >= 4 is 5.91 Å². The van der Waals surface area contributed by atoms with Gasteiger partial charge in [0.15, 0.2) is 0 Å². The molecule has 1 heterocycles. The summed E-state index contributed by atoms with van der Waals surface area (Å²) in [6.45, 7) is 6.96. The highest BCUT2D eigenvalue weighted by molar-refractivity contribution is 5.75. The smallest absolute Gasteiger partial charge is 0.221 e. The molecule has 0 spiro atoms. The lowest BCUT2D eigenvalue weighted by atomic mass is 10.3. The summed E-state index contributed by atoms with van der Waals surface area (Å²) in [5.41, 5.74) is 0. The summed E-state index contributed by atoms with van der Waals surface area (Å²) in [6.07, 6.45) is 0.606. The molecule has 0 aliphatic carbocycles. The van der Waals surface area contributed by atoms with E-state index in [1.807, 2.05) is 0 Å². The van der Waals surface area contributed by atoms with Gasteiger partial charge in [-0.15, -0.1) is 0 Å². The standard InChI is InChI=1S/C11H23N3O2/c1-12-11(15)3-4-13-5-7-14(8-6-13)9-10-16-2/h3-10H2,1-2H3,(H,12,15). The minimum absolute atomic E-state index is 0.127. The molecule has 94 valence electrons. The van der Waals surface area contributed by atoms with Gasteiger partial charge in [-0.25, -0.2) is 0 Å². The third-order valence-electron chi connectivity index (χ3n) is 3.01. The summed E-state index contributed by atoms with van der Waals surface area (Å²) < 4.78 is 5.06. The molecule has 1 saturated heterocycles. The van der Waals surface area contributed by atoms with Gasteiger partial charge in [0.05, 0.1) is 6.61 Å². The highest BCUT2D eigenvalue weighted by atomic mass is 16.5. The van der Waals surface area contributed by atoms with Gasteiger partial charge in [-0.3, -0.25) is 9.69 Å². The van der Waals surface area contributed by atoms with E-state index in [1.54, 1.807) is 14.2 Å². The van der Waals surface area contributed by atoms with Crippen LogP contribution in [-0.2, 0) is 9.53 Å². The van der Waals surface area contributed by atoms with E-state index >= 15 is 0 Å². The van der Waals surface area contributed by atoms with Crippen molar-refractivity contribution in [1.82, 2.24) is 15.1 Å². The van der Waals surface area contributed by atoms with E-state index in [0.29, 0.717) is 6.42 Å². The molecule has 1 aliphatic heterocycles. The number of amides is 1. The third kappa shape index (κ3) is 4.92. The summed E-state index contributed by atoms with van der Waals surface area (Å²) in [5, 5.41) is 2.65. The summed E-state index contributed by atoms with van der Waals surface area (Å²) in [7, 11) is 3.42. The highest BCUT2D eigenvalue weighted by Crippen LogP contribution is 2.02. The molecule has 0 atom stereocenters. The second kappa shape index (κ2) is 7.60. The Hall–Kier alpha value is -0.650. The maximum Gasteiger partial charge on any atom is 0.221 e. The van der Waals surface area contributed by atoms with Gasteiger partial charge in [0.25, 0.3) is 0 Å². The normalized spacial score (nSPS) is 18.6. The van der Waals surface area contributed by atoms with Crippen molar-refractivity contribution in [3.63, 3.8) is 0 Å². The molecule has 1 amide bonds. The quantitative estimate of drug-likeness (QED) is 0.660. The van der Waals surface area contributed by atoms with Gasteiger partial charge < -0.3 is 15.0 Å². The molecule has 0 aromatic heterocycles. The first-order chi connectivity index (χ1) is 7.76. The Kier molecular flexibility index (Phi) is 6.37. The molecule has 0 aromatic rings. The molecule has 16 heavy (non-hydrogen) atoms. The number of carbonyl (C=O) groups is 1. The minimum Gasteiger partial charge on any atom is -0.383 e. The molecule has 0 aromatic carbocycles. The van der Waals surface area contributed by atoms with E-state index in [4.69, 9.17) is 4.74 Å². The first-order valence-electron chi connectivity index (χ1n) is 5.90. The zero-order valence-corrected chi connectivity index (χ0v) is 10.4. The van der Waals surface area contributed by atoms with Crippen LogP contribution in [0.25, 0.3) is 0 Å². The molecule has 1 rings (SSSR count). The Bertz CT molecular complexity index is 203. The number of rotatable bonds is 6. The number of hydrogen-bond acceptors (Lipinski definition) is 4. The fraction of sp³-hybridized carbons (Fsp3) is 0.909. The second-order valence-electron chi connectivity index (χ2n) is 4.10. The van der Waals surface area contributed by atoms with Crippen LogP contribution in [0.1, 0.15) is 6.42 Å². The summed E-state index contributed by atoms with van der Waals surface area (Å²) in [4.78, 5) is 15.8. The molecule has 5 heteroatoms. The molecule has 1 aliphatic rings. The first kappa shape index (κ1) is 13.4. The molecular weight excluding hydrogens is 206 g/mol. The van der Waals surface area contributed by atoms with Crippen LogP contribution >= 0.6 is 0 Å². The maximum absolute atomic E-state index is 11.1. The molecule has 0 unspecified atom stereocenters. The Morgan fingerprint density at radius 3 is 2.25 bits per heavy atom. The number of ether oxygens (including phenoxy) is 1. The largest absolute Gasteiger partial charge is 0.383 e. The Morgan fingerprint density at radius 1 is 1.19 bits per heavy atom. The lowest BCUT2D eigenvalue weighted by Crippen LogP contribution is -2.47. The van der Waals surface area contributed by atoms with Crippen LogP contribution in [0.4, 0.5) is 0 Å². The van der Waals surface area contributed by atoms with Crippen LogP contribution in [0.5, 0.6) is 0 Å². The van der Waals surface area contributed by atoms with E-state index in [2.05, 4.69) is 15.1 Å². The van der Waals surface area contributed by atoms with E-state index in [9.17, 15) is 4.79 Å². The number of piperazine rings is 1. The molecule has 1 N–H and O–H groups in total. The monoisotopic (exact) mass is 229 g/mol. The predicted molar refractivity (Wildman–Crippen MR) is 63.4 cm³/mol. The number of nitrogens with zero attached hydrogens (tertiary/aromatic N) is 2. The summed E-state index contributed by atoms with van der Waals surface area (Å²) in [5.74, 6) is 0.127. The Morgan fingerprint density at radius 2 is 1.75 bits per heavy atom. The van der Waals surface area contributed by atoms with Gasteiger partial charge in [0.2, 0.25) is 5.91 Å². The van der Waals surface area contributed by atoms with Gasteiger partial charge in [0.1, 0.15) is 0 Å². The SMILES string of the molecule is CNC(=O)CCN1CCN(CCOC)CC1. The molecule has 0 saturated carbocycles. The number of nitrogens with one attached hydrogen (secondary N) is 1. The number of hydrogen-bond donors (Lipinski definition) is 1. The van der Waals surface area contributed by atoms with Crippen LogP contribution in [-0.4, -0.2) is 75.7 Å². The zero-order valence-electron chi connectivity index (χ0n) is 10.4. The Balaban J connectivity index is 2.09. The van der Waals surface area contributed by atoms with E-state index in [-0.39, 0.29) is 5.91 Å². The second-order valence-corrected chi connectivity index (χ2v) is 4.10. The average Bonchev–Trinajstić information content (AvgIpc) is 2.34. The van der Waals surface area contributed by atoms with Crippen LogP contribution < -0.4 is 5.32 Å². The van der Waals surface area contributed by atoms with Gasteiger partial charge >= 0.3 is 0 Å². The summed E-state index contributed by atoms with van der Waals surface area (Å²) >= 11 is 0. The lowest BCUT2D eigenvalue weighted by molar-refractivity contribution is -0.121. The van der Waals surface area contributed by atoms with Crippen molar-refractivity contribution in [3.8, 4) is 0 Å². The maximum atomic E-state index is 11.1. The minimum atomic E-state index is 0.127. The third-order valence-corrected chi connectivity index (χ3v) is 3.01. The van der Waals surface area contributed by atoms with Gasteiger partial charge in [-0.2, -0.15) is 0 Å². The van der Waals surface area contributed by atoms with Gasteiger partial charge in [-0.1, -0.05) is 0 Å². The number of methoxy groups -OCH3 is 1. The van der Waals surface area contributed by atoms with Crippen molar-refractivity contribution in [2.75, 3.05) is 60.0 Å². The van der Waals surface area contributed by atoms with Crippen molar-refractivity contribution in [2.45, 2.75) is 6.42 Å². The topological polar surface area (TPSA) is 44.8 Å². The summed E-state index contributed by atoms with van der Waals surface area (Å²) in [6, 6.07) is 0. The number of carbonyl (C=O) groups excluding carboxylic acids is 1. The van der Waals surface area contributed by atoms with Crippen molar-refractivity contribution in [3.05, 3.63) is 0 Å². The van der Waals surface area contributed by atoms with Crippen LogP contribution in [0.15, 0.2) is 0 Å². The molecule has 0 bridgehead atoms. The highest BCUT2D eigenvalue weighted by Gasteiger charge is 2.16. The van der Waals surface area contributed by atoms with E-state index in [0.717, 1.165) is 45.9 Å².